The molecule has 0 radical (unpaired) electrons. The van der Waals surface area contributed by atoms with Gasteiger partial charge in [0.1, 0.15) is 18.2 Å². The third-order valence-electron chi connectivity index (χ3n) is 4.40. The molecule has 1 atom stereocenters. The lowest BCUT2D eigenvalue weighted by Gasteiger charge is -2.20. The van der Waals surface area contributed by atoms with Crippen LogP contribution >= 0.6 is 35.6 Å². The third kappa shape index (κ3) is 6.98. The third-order valence-corrected chi connectivity index (χ3v) is 4.70. The second-order valence-corrected chi connectivity index (χ2v) is 7.05. The van der Waals surface area contributed by atoms with E-state index in [1.165, 1.54) is 12.1 Å². The molecule has 1 unspecified atom stereocenters. The fraction of sp³-hybridized carbons (Fsp3) is 0.350. The summed E-state index contributed by atoms with van der Waals surface area (Å²) >= 11 is 6.24. The van der Waals surface area contributed by atoms with E-state index in [1.807, 2.05) is 19.1 Å². The standard InChI is InChI=1S/C20H24ClFN6O.HI/c1-2-23-20(25-12-18(29)26-15-6-3-5-14(22)11-15)27-16-8-10-28(13-16)19-17(21)7-4-9-24-19;/h3-7,9,11,16H,2,8,10,12-13H2,1H3,(H,26,29)(H2,23,25,27);1H. The monoisotopic (exact) mass is 546 g/mol. The molecule has 0 bridgehead atoms. The fourth-order valence-electron chi connectivity index (χ4n) is 3.11. The lowest BCUT2D eigenvalue weighted by atomic mass is 10.3. The zero-order valence-electron chi connectivity index (χ0n) is 16.6. The number of carbonyl (C=O) groups is 1. The van der Waals surface area contributed by atoms with Crippen LogP contribution in [0, 0.1) is 5.82 Å². The molecule has 1 saturated heterocycles. The number of nitrogens with zero attached hydrogens (tertiary/aromatic N) is 3. The van der Waals surface area contributed by atoms with Gasteiger partial charge in [-0.25, -0.2) is 14.4 Å². The highest BCUT2D eigenvalue weighted by Crippen LogP contribution is 2.25. The van der Waals surface area contributed by atoms with Crippen molar-refractivity contribution < 1.29 is 9.18 Å². The molecule has 30 heavy (non-hydrogen) atoms. The first-order valence-electron chi connectivity index (χ1n) is 9.51. The van der Waals surface area contributed by atoms with Gasteiger partial charge < -0.3 is 20.9 Å². The number of hydrogen-bond acceptors (Lipinski definition) is 4. The van der Waals surface area contributed by atoms with E-state index >= 15 is 0 Å². The van der Waals surface area contributed by atoms with E-state index in [2.05, 4.69) is 30.8 Å². The lowest BCUT2D eigenvalue weighted by Crippen LogP contribution is -2.45. The van der Waals surface area contributed by atoms with Gasteiger partial charge in [-0.05, 0) is 43.7 Å². The first kappa shape index (κ1) is 24.1. The van der Waals surface area contributed by atoms with Gasteiger partial charge in [-0.3, -0.25) is 4.79 Å². The SMILES string of the molecule is CCNC(=NCC(=O)Nc1cccc(F)c1)NC1CCN(c2ncccc2Cl)C1.I. The molecule has 10 heteroatoms. The Labute approximate surface area is 197 Å². The summed E-state index contributed by atoms with van der Waals surface area (Å²) in [6, 6.07) is 9.54. The Bertz CT molecular complexity index is 884. The molecule has 0 aliphatic carbocycles. The van der Waals surface area contributed by atoms with Crippen molar-refractivity contribution in [3.8, 4) is 0 Å². The molecule has 2 aromatic rings. The summed E-state index contributed by atoms with van der Waals surface area (Å²) in [6.07, 6.45) is 2.62. The number of benzene rings is 1. The maximum absolute atomic E-state index is 13.2. The first-order chi connectivity index (χ1) is 14.0. The van der Waals surface area contributed by atoms with Crippen LogP contribution < -0.4 is 20.9 Å². The zero-order chi connectivity index (χ0) is 20.6. The molecule has 1 aromatic heterocycles. The van der Waals surface area contributed by atoms with Crippen molar-refractivity contribution in [1.29, 1.82) is 0 Å². The summed E-state index contributed by atoms with van der Waals surface area (Å²) in [5.41, 5.74) is 0.404. The smallest absolute Gasteiger partial charge is 0.246 e. The minimum Gasteiger partial charge on any atom is -0.357 e. The van der Waals surface area contributed by atoms with Crippen LogP contribution in [-0.4, -0.2) is 49.1 Å². The van der Waals surface area contributed by atoms with Crippen molar-refractivity contribution in [3.05, 3.63) is 53.4 Å². The van der Waals surface area contributed by atoms with E-state index in [4.69, 9.17) is 11.6 Å². The summed E-state index contributed by atoms with van der Waals surface area (Å²) in [4.78, 5) is 22.9. The van der Waals surface area contributed by atoms with Crippen LogP contribution in [0.1, 0.15) is 13.3 Å². The van der Waals surface area contributed by atoms with Crippen molar-refractivity contribution in [2.45, 2.75) is 19.4 Å². The van der Waals surface area contributed by atoms with Crippen molar-refractivity contribution in [3.63, 3.8) is 0 Å². The summed E-state index contributed by atoms with van der Waals surface area (Å²) < 4.78 is 13.2. The number of rotatable bonds is 6. The Morgan fingerprint density at radius 1 is 1.37 bits per heavy atom. The largest absolute Gasteiger partial charge is 0.357 e. The summed E-state index contributed by atoms with van der Waals surface area (Å²) in [7, 11) is 0. The zero-order valence-corrected chi connectivity index (χ0v) is 19.7. The quantitative estimate of drug-likeness (QED) is 0.294. The van der Waals surface area contributed by atoms with Gasteiger partial charge in [-0.15, -0.1) is 24.0 Å². The fourth-order valence-corrected chi connectivity index (χ4v) is 3.35. The molecule has 162 valence electrons. The van der Waals surface area contributed by atoms with Gasteiger partial charge in [0, 0.05) is 37.6 Å². The van der Waals surface area contributed by atoms with E-state index < -0.39 is 5.82 Å². The van der Waals surface area contributed by atoms with Gasteiger partial charge in [-0.2, -0.15) is 0 Å². The molecule has 7 nitrogen and oxygen atoms in total. The Balaban J connectivity index is 0.00000320. The second-order valence-electron chi connectivity index (χ2n) is 6.64. The van der Waals surface area contributed by atoms with Crippen LogP contribution in [0.15, 0.2) is 47.6 Å². The average molecular weight is 547 g/mol. The van der Waals surface area contributed by atoms with Crippen LogP contribution in [0.3, 0.4) is 0 Å². The van der Waals surface area contributed by atoms with Crippen LogP contribution in [0.4, 0.5) is 15.9 Å². The maximum atomic E-state index is 13.2. The Kier molecular flexibility index (Phi) is 9.57. The number of aliphatic imine (C=N–C) groups is 1. The predicted molar refractivity (Wildman–Crippen MR) is 129 cm³/mol. The Morgan fingerprint density at radius 3 is 2.93 bits per heavy atom. The van der Waals surface area contributed by atoms with Crippen molar-refractivity contribution >= 4 is 58.9 Å². The van der Waals surface area contributed by atoms with Crippen LogP contribution in [0.25, 0.3) is 0 Å². The molecule has 0 spiro atoms. The predicted octanol–water partition coefficient (Wildman–Crippen LogP) is 3.26. The average Bonchev–Trinajstić information content (AvgIpc) is 3.15. The van der Waals surface area contributed by atoms with Gasteiger partial charge in [0.2, 0.25) is 5.91 Å². The van der Waals surface area contributed by atoms with Gasteiger partial charge in [-0.1, -0.05) is 17.7 Å². The minimum atomic E-state index is -0.403. The van der Waals surface area contributed by atoms with Crippen molar-refractivity contribution in [1.82, 2.24) is 15.6 Å². The highest BCUT2D eigenvalue weighted by atomic mass is 127. The highest BCUT2D eigenvalue weighted by molar-refractivity contribution is 14.0. The number of aromatic nitrogens is 1. The normalized spacial score (nSPS) is 16.0. The number of anilines is 2. The van der Waals surface area contributed by atoms with Crippen LogP contribution in [0.5, 0.6) is 0 Å². The topological polar surface area (TPSA) is 81.6 Å². The van der Waals surface area contributed by atoms with Gasteiger partial charge in [0.05, 0.1) is 5.02 Å². The van der Waals surface area contributed by atoms with Crippen LogP contribution in [0.2, 0.25) is 5.02 Å². The second kappa shape index (κ2) is 11.9. The van der Waals surface area contributed by atoms with Gasteiger partial charge in [0.25, 0.3) is 0 Å². The summed E-state index contributed by atoms with van der Waals surface area (Å²) in [6.45, 7) is 4.11. The molecule has 1 aliphatic rings. The molecular formula is C20H25ClFIN6O. The molecule has 1 fully saturated rings. The number of guanidine groups is 1. The molecule has 1 aliphatic heterocycles. The minimum absolute atomic E-state index is 0. The Morgan fingerprint density at radius 2 is 2.20 bits per heavy atom. The van der Waals surface area contributed by atoms with E-state index in [-0.39, 0.29) is 42.5 Å². The van der Waals surface area contributed by atoms with Crippen LogP contribution in [-0.2, 0) is 4.79 Å². The lowest BCUT2D eigenvalue weighted by molar-refractivity contribution is -0.114. The number of nitrogens with one attached hydrogen (secondary N) is 3. The number of halogens is 3. The molecule has 1 amide bonds. The first-order valence-corrected chi connectivity index (χ1v) is 9.88. The van der Waals surface area contributed by atoms with E-state index in [1.54, 1.807) is 18.3 Å². The number of pyridine rings is 1. The molecule has 1 aromatic carbocycles. The van der Waals surface area contributed by atoms with Crippen molar-refractivity contribution in [2.75, 3.05) is 36.4 Å². The highest BCUT2D eigenvalue weighted by Gasteiger charge is 2.25. The van der Waals surface area contributed by atoms with E-state index in [9.17, 15) is 9.18 Å². The van der Waals surface area contributed by atoms with Gasteiger partial charge in [0.15, 0.2) is 5.96 Å². The number of hydrogen-bond donors (Lipinski definition) is 3. The molecular weight excluding hydrogens is 522 g/mol. The van der Waals surface area contributed by atoms with E-state index in [0.717, 1.165) is 25.3 Å². The molecule has 3 N–H and O–H groups in total. The van der Waals surface area contributed by atoms with E-state index in [0.29, 0.717) is 23.2 Å². The van der Waals surface area contributed by atoms with Crippen molar-refractivity contribution in [2.24, 2.45) is 4.99 Å². The van der Waals surface area contributed by atoms with Gasteiger partial charge >= 0.3 is 0 Å². The molecule has 2 heterocycles. The summed E-state index contributed by atoms with van der Waals surface area (Å²) in [5.74, 6) is 0.608. The number of amides is 1. The molecule has 3 rings (SSSR count). The summed E-state index contributed by atoms with van der Waals surface area (Å²) in [5, 5.41) is 9.76. The molecule has 0 saturated carbocycles. The maximum Gasteiger partial charge on any atom is 0.246 e. The Hall–Kier alpha value is -2.14. The number of carbonyl (C=O) groups excluding carboxylic acids is 1.